The molecule has 0 unspecified atom stereocenters. The van der Waals surface area contributed by atoms with Gasteiger partial charge in [0, 0.05) is 25.0 Å². The van der Waals surface area contributed by atoms with E-state index in [9.17, 15) is 4.79 Å². The summed E-state index contributed by atoms with van der Waals surface area (Å²) in [6, 6.07) is 21.0. The van der Waals surface area contributed by atoms with Crippen LogP contribution in [0.5, 0.6) is 0 Å². The van der Waals surface area contributed by atoms with Gasteiger partial charge in [-0.2, -0.15) is 0 Å². The summed E-state index contributed by atoms with van der Waals surface area (Å²) in [5.41, 5.74) is 2.44. The van der Waals surface area contributed by atoms with Crippen molar-refractivity contribution in [2.24, 2.45) is 5.92 Å². The van der Waals surface area contributed by atoms with E-state index in [4.69, 9.17) is 4.74 Å². The van der Waals surface area contributed by atoms with Gasteiger partial charge in [0.15, 0.2) is 0 Å². The first kappa shape index (κ1) is 17.4. The Bertz CT molecular complexity index is 846. The maximum Gasteiger partial charge on any atom is 0.243 e. The number of alkyl halides is 1. The van der Waals surface area contributed by atoms with E-state index in [1.54, 1.807) is 0 Å². The molecule has 0 aliphatic carbocycles. The fourth-order valence-electron chi connectivity index (χ4n) is 4.90. The smallest absolute Gasteiger partial charge is 0.243 e. The summed E-state index contributed by atoms with van der Waals surface area (Å²) in [6.07, 6.45) is -0.143. The SMILES string of the molecule is C[C@@H](c1ccccc1)N1C[C@@H]2[C@H]3OC[C@H](c4ccccc4)N3C(=O)[C@]2(Br)C1. The summed E-state index contributed by atoms with van der Waals surface area (Å²) in [5, 5.41) is 0. The van der Waals surface area contributed by atoms with Crippen LogP contribution in [0.25, 0.3) is 0 Å². The van der Waals surface area contributed by atoms with E-state index in [-0.39, 0.29) is 30.1 Å². The van der Waals surface area contributed by atoms with Gasteiger partial charge in [-0.1, -0.05) is 76.6 Å². The summed E-state index contributed by atoms with van der Waals surface area (Å²) < 4.78 is 5.63. The molecule has 0 bridgehead atoms. The number of hydrogen-bond acceptors (Lipinski definition) is 3. The topological polar surface area (TPSA) is 32.8 Å². The Labute approximate surface area is 168 Å². The van der Waals surface area contributed by atoms with Crippen LogP contribution in [0.1, 0.15) is 30.1 Å². The number of fused-ring (bicyclic) bond motifs is 3. The van der Waals surface area contributed by atoms with Gasteiger partial charge in [-0.3, -0.25) is 9.69 Å². The van der Waals surface area contributed by atoms with Crippen LogP contribution in [-0.4, -0.2) is 46.0 Å². The zero-order valence-corrected chi connectivity index (χ0v) is 16.9. The molecule has 5 heteroatoms. The molecule has 3 saturated heterocycles. The lowest BCUT2D eigenvalue weighted by atomic mass is 9.98. The minimum Gasteiger partial charge on any atom is -0.355 e. The van der Waals surface area contributed by atoms with Gasteiger partial charge in [0.05, 0.1) is 12.6 Å². The molecule has 3 aliphatic heterocycles. The molecule has 2 aromatic rings. The van der Waals surface area contributed by atoms with E-state index in [1.807, 2.05) is 29.2 Å². The second kappa shape index (κ2) is 6.43. The normalized spacial score (nSPS) is 33.9. The molecule has 140 valence electrons. The maximum atomic E-state index is 13.5. The van der Waals surface area contributed by atoms with Crippen molar-refractivity contribution in [2.45, 2.75) is 29.6 Å². The Balaban J connectivity index is 1.40. The van der Waals surface area contributed by atoms with Gasteiger partial charge in [0.25, 0.3) is 0 Å². The van der Waals surface area contributed by atoms with E-state index in [0.29, 0.717) is 13.2 Å². The van der Waals surface area contributed by atoms with Gasteiger partial charge in [0.2, 0.25) is 5.91 Å². The monoisotopic (exact) mass is 426 g/mol. The van der Waals surface area contributed by atoms with Crippen molar-refractivity contribution in [1.82, 2.24) is 9.80 Å². The van der Waals surface area contributed by atoms with E-state index >= 15 is 0 Å². The van der Waals surface area contributed by atoms with Crippen molar-refractivity contribution < 1.29 is 9.53 Å². The number of amides is 1. The number of ether oxygens (including phenoxy) is 1. The van der Waals surface area contributed by atoms with Gasteiger partial charge in [-0.15, -0.1) is 0 Å². The molecule has 3 aliphatic rings. The van der Waals surface area contributed by atoms with E-state index in [1.165, 1.54) is 5.56 Å². The van der Waals surface area contributed by atoms with Gasteiger partial charge < -0.3 is 9.64 Å². The zero-order valence-electron chi connectivity index (χ0n) is 15.3. The fourth-order valence-corrected chi connectivity index (χ4v) is 5.79. The average molecular weight is 427 g/mol. The van der Waals surface area contributed by atoms with Crippen LogP contribution in [0.2, 0.25) is 0 Å². The van der Waals surface area contributed by atoms with Crippen LogP contribution in [0.4, 0.5) is 0 Å². The standard InChI is InChI=1S/C22H23BrN2O2/c1-15(16-8-4-2-5-9-16)24-12-18-20-25(21(26)22(18,23)14-24)19(13-27-20)17-10-6-3-7-11-17/h2-11,15,18-20H,12-14H2,1H3/t15-,18+,19+,20+,22-/m0/s1. The molecule has 0 aromatic heterocycles. The zero-order chi connectivity index (χ0) is 18.6. The number of rotatable bonds is 3. The molecule has 5 rings (SSSR count). The summed E-state index contributed by atoms with van der Waals surface area (Å²) in [5.74, 6) is 0.316. The van der Waals surface area contributed by atoms with Crippen molar-refractivity contribution in [1.29, 1.82) is 0 Å². The van der Waals surface area contributed by atoms with Crippen molar-refractivity contribution in [3.05, 3.63) is 71.8 Å². The van der Waals surface area contributed by atoms with Crippen LogP contribution < -0.4 is 0 Å². The molecule has 0 radical (unpaired) electrons. The van der Waals surface area contributed by atoms with E-state index in [2.05, 4.69) is 64.2 Å². The highest BCUT2D eigenvalue weighted by Crippen LogP contribution is 2.53. The third-order valence-electron chi connectivity index (χ3n) is 6.44. The van der Waals surface area contributed by atoms with Crippen molar-refractivity contribution in [2.75, 3.05) is 19.7 Å². The van der Waals surface area contributed by atoms with Crippen molar-refractivity contribution in [3.63, 3.8) is 0 Å². The summed E-state index contributed by atoms with van der Waals surface area (Å²) in [6.45, 7) is 4.37. The summed E-state index contributed by atoms with van der Waals surface area (Å²) in [7, 11) is 0. The lowest BCUT2D eigenvalue weighted by molar-refractivity contribution is -0.133. The first-order valence-corrected chi connectivity index (χ1v) is 10.4. The number of benzene rings is 2. The fraction of sp³-hybridized carbons (Fsp3) is 0.409. The minimum atomic E-state index is -0.547. The molecule has 0 spiro atoms. The molecule has 3 heterocycles. The lowest BCUT2D eigenvalue weighted by Crippen LogP contribution is -2.42. The molecule has 3 fully saturated rings. The minimum absolute atomic E-state index is 0.0173. The molecule has 1 amide bonds. The molecular formula is C22H23BrN2O2. The van der Waals surface area contributed by atoms with Crippen molar-refractivity contribution >= 4 is 21.8 Å². The first-order chi connectivity index (χ1) is 13.1. The Kier molecular flexibility index (Phi) is 4.15. The second-order valence-electron chi connectivity index (χ2n) is 7.85. The molecule has 27 heavy (non-hydrogen) atoms. The third-order valence-corrected chi connectivity index (χ3v) is 7.61. The first-order valence-electron chi connectivity index (χ1n) is 9.57. The molecule has 0 saturated carbocycles. The number of likely N-dealkylation sites (tertiary alicyclic amines) is 1. The molecular weight excluding hydrogens is 404 g/mol. The Morgan fingerprint density at radius 3 is 2.48 bits per heavy atom. The van der Waals surface area contributed by atoms with Crippen molar-refractivity contribution in [3.8, 4) is 0 Å². The predicted octanol–water partition coefficient (Wildman–Crippen LogP) is 3.75. The summed E-state index contributed by atoms with van der Waals surface area (Å²) >= 11 is 3.86. The molecule has 5 atom stereocenters. The Morgan fingerprint density at radius 1 is 1.11 bits per heavy atom. The number of carbonyl (C=O) groups is 1. The average Bonchev–Trinajstić information content (AvgIpc) is 3.34. The maximum absolute atomic E-state index is 13.5. The van der Waals surface area contributed by atoms with Gasteiger partial charge in [0.1, 0.15) is 10.6 Å². The van der Waals surface area contributed by atoms with Gasteiger partial charge >= 0.3 is 0 Å². The van der Waals surface area contributed by atoms with Crippen LogP contribution >= 0.6 is 15.9 Å². The Morgan fingerprint density at radius 2 is 1.78 bits per heavy atom. The van der Waals surface area contributed by atoms with Crippen LogP contribution in [-0.2, 0) is 9.53 Å². The van der Waals surface area contributed by atoms with Gasteiger partial charge in [-0.25, -0.2) is 0 Å². The largest absolute Gasteiger partial charge is 0.355 e. The highest BCUT2D eigenvalue weighted by Gasteiger charge is 2.66. The van der Waals surface area contributed by atoms with Gasteiger partial charge in [-0.05, 0) is 18.1 Å². The van der Waals surface area contributed by atoms with E-state index in [0.717, 1.165) is 12.1 Å². The third kappa shape index (κ3) is 2.59. The quantitative estimate of drug-likeness (QED) is 0.700. The lowest BCUT2D eigenvalue weighted by Gasteiger charge is -2.30. The van der Waals surface area contributed by atoms with Crippen LogP contribution in [0.3, 0.4) is 0 Å². The summed E-state index contributed by atoms with van der Waals surface area (Å²) in [4.78, 5) is 17.8. The number of nitrogens with zero attached hydrogens (tertiary/aromatic N) is 2. The highest BCUT2D eigenvalue weighted by molar-refractivity contribution is 9.10. The molecule has 2 aromatic carbocycles. The number of halogens is 1. The Hall–Kier alpha value is -1.69. The molecule has 4 nitrogen and oxygen atoms in total. The second-order valence-corrected chi connectivity index (χ2v) is 9.26. The van der Waals surface area contributed by atoms with Crippen LogP contribution in [0.15, 0.2) is 60.7 Å². The number of carbonyl (C=O) groups excluding carboxylic acids is 1. The predicted molar refractivity (Wildman–Crippen MR) is 107 cm³/mol. The number of hydrogen-bond donors (Lipinski definition) is 0. The molecule has 0 N–H and O–H groups in total. The highest BCUT2D eigenvalue weighted by atomic mass is 79.9. The van der Waals surface area contributed by atoms with Crippen LogP contribution in [0, 0.1) is 5.92 Å². The van der Waals surface area contributed by atoms with E-state index < -0.39 is 4.32 Å².